The number of amides is 1. The second-order valence-electron chi connectivity index (χ2n) is 7.46. The number of hydrogen-bond acceptors (Lipinski definition) is 5. The fraction of sp³-hybridized carbons (Fsp3) is 0.115. The fourth-order valence-corrected chi connectivity index (χ4v) is 3.27. The molecular weight excluding hydrogens is 404 g/mol. The van der Waals surface area contributed by atoms with E-state index in [-0.39, 0.29) is 0 Å². The van der Waals surface area contributed by atoms with Crippen LogP contribution in [-0.4, -0.2) is 16.2 Å². The molecule has 1 amide bonds. The Balaban J connectivity index is 1.73. The van der Waals surface area contributed by atoms with E-state index in [1.54, 1.807) is 55.5 Å². The number of anilines is 1. The fourth-order valence-electron chi connectivity index (χ4n) is 3.27. The Labute approximate surface area is 184 Å². The SMILES string of the molecule is Cc1ccc(C#CC(O)(C(=O)Nc2ccc3c(=O)onc(C)c3c2)c2ccccc2)cc1. The summed E-state index contributed by atoms with van der Waals surface area (Å²) in [5, 5.41) is 18.7. The molecule has 1 heterocycles. The van der Waals surface area contributed by atoms with E-state index in [0.29, 0.717) is 33.3 Å². The van der Waals surface area contributed by atoms with Crippen LogP contribution in [0.3, 0.4) is 0 Å². The molecule has 0 aliphatic carbocycles. The lowest BCUT2D eigenvalue weighted by atomic mass is 9.92. The maximum Gasteiger partial charge on any atom is 0.366 e. The number of carbonyl (C=O) groups is 1. The van der Waals surface area contributed by atoms with E-state index < -0.39 is 17.1 Å². The summed E-state index contributed by atoms with van der Waals surface area (Å²) in [6, 6.07) is 20.7. The molecule has 0 bridgehead atoms. The lowest BCUT2D eigenvalue weighted by Gasteiger charge is -2.22. The van der Waals surface area contributed by atoms with Crippen LogP contribution >= 0.6 is 0 Å². The number of nitrogens with one attached hydrogen (secondary N) is 1. The Morgan fingerprint density at radius 2 is 1.72 bits per heavy atom. The maximum absolute atomic E-state index is 13.2. The van der Waals surface area contributed by atoms with Gasteiger partial charge in [0.2, 0.25) is 5.60 Å². The third-order valence-corrected chi connectivity index (χ3v) is 5.11. The largest absolute Gasteiger partial charge is 0.366 e. The van der Waals surface area contributed by atoms with Crippen molar-refractivity contribution in [3.8, 4) is 11.8 Å². The average molecular weight is 424 g/mol. The van der Waals surface area contributed by atoms with Crippen molar-refractivity contribution in [3.05, 3.63) is 106 Å². The highest BCUT2D eigenvalue weighted by molar-refractivity contribution is 6.01. The van der Waals surface area contributed by atoms with Gasteiger partial charge in [0.15, 0.2) is 0 Å². The molecule has 0 saturated carbocycles. The summed E-state index contributed by atoms with van der Waals surface area (Å²) < 4.78 is 4.73. The van der Waals surface area contributed by atoms with Crippen molar-refractivity contribution in [1.29, 1.82) is 0 Å². The molecule has 6 heteroatoms. The van der Waals surface area contributed by atoms with Crippen molar-refractivity contribution in [2.24, 2.45) is 0 Å². The Morgan fingerprint density at radius 3 is 2.44 bits per heavy atom. The Hall–Kier alpha value is -4.21. The van der Waals surface area contributed by atoms with E-state index in [4.69, 9.17) is 4.52 Å². The van der Waals surface area contributed by atoms with Crippen LogP contribution in [0.1, 0.15) is 22.4 Å². The summed E-state index contributed by atoms with van der Waals surface area (Å²) in [5.41, 5.74) is 0.352. The second-order valence-corrected chi connectivity index (χ2v) is 7.46. The summed E-state index contributed by atoms with van der Waals surface area (Å²) in [6.07, 6.45) is 0. The van der Waals surface area contributed by atoms with Gasteiger partial charge in [0.1, 0.15) is 0 Å². The molecule has 0 radical (unpaired) electrons. The monoisotopic (exact) mass is 424 g/mol. The first kappa shape index (κ1) is 21.0. The topological polar surface area (TPSA) is 92.4 Å². The Morgan fingerprint density at radius 1 is 1.00 bits per heavy atom. The number of aliphatic hydroxyl groups is 1. The third kappa shape index (κ3) is 4.15. The smallest absolute Gasteiger partial charge is 0.366 e. The van der Waals surface area contributed by atoms with Crippen molar-refractivity contribution in [2.75, 3.05) is 5.32 Å². The van der Waals surface area contributed by atoms with Gasteiger partial charge in [-0.1, -0.05) is 59.1 Å². The summed E-state index contributed by atoms with van der Waals surface area (Å²) in [6.45, 7) is 3.67. The second kappa shape index (κ2) is 8.50. The molecule has 0 saturated heterocycles. The predicted molar refractivity (Wildman–Crippen MR) is 122 cm³/mol. The first-order valence-corrected chi connectivity index (χ1v) is 9.96. The molecule has 158 valence electrons. The van der Waals surface area contributed by atoms with Crippen LogP contribution in [0.15, 0.2) is 82.1 Å². The van der Waals surface area contributed by atoms with Crippen molar-refractivity contribution in [2.45, 2.75) is 19.4 Å². The van der Waals surface area contributed by atoms with Crippen molar-refractivity contribution < 1.29 is 14.4 Å². The molecule has 0 fully saturated rings. The summed E-state index contributed by atoms with van der Waals surface area (Å²) in [4.78, 5) is 25.1. The number of rotatable bonds is 3. The number of nitrogens with zero attached hydrogens (tertiary/aromatic N) is 1. The zero-order valence-corrected chi connectivity index (χ0v) is 17.5. The molecule has 4 rings (SSSR count). The first-order valence-electron chi connectivity index (χ1n) is 9.96. The van der Waals surface area contributed by atoms with Crippen molar-refractivity contribution in [3.63, 3.8) is 0 Å². The van der Waals surface area contributed by atoms with E-state index in [2.05, 4.69) is 22.3 Å². The standard InChI is InChI=1S/C26H20N2O4/c1-17-8-10-19(11-9-17)14-15-26(31,20-6-4-3-5-7-20)25(30)27-21-12-13-22-23(16-21)18(2)28-32-24(22)29/h3-13,16,31H,1-2H3,(H,27,30). The Bertz CT molecular complexity index is 1410. The maximum atomic E-state index is 13.2. The lowest BCUT2D eigenvalue weighted by Crippen LogP contribution is -2.39. The van der Waals surface area contributed by atoms with E-state index in [1.807, 2.05) is 31.2 Å². The molecule has 1 atom stereocenters. The molecular formula is C26H20N2O4. The molecule has 0 aliphatic heterocycles. The quantitative estimate of drug-likeness (QED) is 0.490. The molecule has 1 unspecified atom stereocenters. The van der Waals surface area contributed by atoms with E-state index in [9.17, 15) is 14.7 Å². The van der Waals surface area contributed by atoms with Crippen LogP contribution in [0.5, 0.6) is 0 Å². The van der Waals surface area contributed by atoms with Gasteiger partial charge >= 0.3 is 5.63 Å². The van der Waals surface area contributed by atoms with Crippen LogP contribution in [0.25, 0.3) is 10.8 Å². The number of hydrogen-bond donors (Lipinski definition) is 2. The number of benzene rings is 3. The van der Waals surface area contributed by atoms with Crippen LogP contribution < -0.4 is 10.9 Å². The van der Waals surface area contributed by atoms with Gasteiger partial charge in [0, 0.05) is 22.2 Å². The summed E-state index contributed by atoms with van der Waals surface area (Å²) in [7, 11) is 0. The number of aryl methyl sites for hydroxylation is 2. The van der Waals surface area contributed by atoms with Gasteiger partial charge in [-0.25, -0.2) is 4.79 Å². The number of fused-ring (bicyclic) bond motifs is 1. The average Bonchev–Trinajstić information content (AvgIpc) is 2.81. The van der Waals surface area contributed by atoms with Gasteiger partial charge in [0.25, 0.3) is 5.91 Å². The molecule has 4 aromatic rings. The van der Waals surface area contributed by atoms with Crippen LogP contribution in [0, 0.1) is 25.7 Å². The van der Waals surface area contributed by atoms with Gasteiger partial charge in [0.05, 0.1) is 11.1 Å². The highest BCUT2D eigenvalue weighted by atomic mass is 16.5. The van der Waals surface area contributed by atoms with Gasteiger partial charge in [-0.05, 0) is 50.1 Å². The van der Waals surface area contributed by atoms with Crippen LogP contribution in [0.2, 0.25) is 0 Å². The zero-order chi connectivity index (χ0) is 22.7. The number of aromatic nitrogens is 1. The minimum absolute atomic E-state index is 0.344. The first-order chi connectivity index (χ1) is 15.4. The van der Waals surface area contributed by atoms with E-state index in [0.717, 1.165) is 5.56 Å². The molecule has 0 aliphatic rings. The van der Waals surface area contributed by atoms with Gasteiger partial charge < -0.3 is 14.9 Å². The predicted octanol–water partition coefficient (Wildman–Crippen LogP) is 3.68. The zero-order valence-electron chi connectivity index (χ0n) is 17.5. The summed E-state index contributed by atoms with van der Waals surface area (Å²) in [5.74, 6) is 4.93. The van der Waals surface area contributed by atoms with Crippen molar-refractivity contribution >= 4 is 22.4 Å². The summed E-state index contributed by atoms with van der Waals surface area (Å²) >= 11 is 0. The lowest BCUT2D eigenvalue weighted by molar-refractivity contribution is -0.129. The third-order valence-electron chi connectivity index (χ3n) is 5.11. The van der Waals surface area contributed by atoms with Gasteiger partial charge in [-0.2, -0.15) is 0 Å². The molecule has 1 aromatic heterocycles. The van der Waals surface area contributed by atoms with E-state index in [1.165, 1.54) is 0 Å². The van der Waals surface area contributed by atoms with E-state index >= 15 is 0 Å². The minimum Gasteiger partial charge on any atom is -0.366 e. The van der Waals surface area contributed by atoms with Gasteiger partial charge in [-0.3, -0.25) is 4.79 Å². The molecule has 32 heavy (non-hydrogen) atoms. The van der Waals surface area contributed by atoms with Gasteiger partial charge in [-0.15, -0.1) is 0 Å². The van der Waals surface area contributed by atoms with Crippen molar-refractivity contribution in [1.82, 2.24) is 5.16 Å². The normalized spacial score (nSPS) is 12.5. The number of carbonyl (C=O) groups excluding carboxylic acids is 1. The molecule has 3 aromatic carbocycles. The molecule has 0 spiro atoms. The highest BCUT2D eigenvalue weighted by Gasteiger charge is 2.36. The minimum atomic E-state index is -2.09. The molecule has 6 nitrogen and oxygen atoms in total. The Kier molecular flexibility index (Phi) is 5.59. The highest BCUT2D eigenvalue weighted by Crippen LogP contribution is 2.25. The van der Waals surface area contributed by atoms with Crippen LogP contribution in [-0.2, 0) is 10.4 Å². The molecule has 2 N–H and O–H groups in total. The van der Waals surface area contributed by atoms with Crippen LogP contribution in [0.4, 0.5) is 5.69 Å².